The Morgan fingerprint density at radius 2 is 1.83 bits per heavy atom. The summed E-state index contributed by atoms with van der Waals surface area (Å²) in [6.45, 7) is 2.90. The molecule has 29 heavy (non-hydrogen) atoms. The van der Waals surface area contributed by atoms with E-state index in [4.69, 9.17) is 9.47 Å². The van der Waals surface area contributed by atoms with Gasteiger partial charge in [0, 0.05) is 32.6 Å². The second-order valence-corrected chi connectivity index (χ2v) is 7.09. The lowest BCUT2D eigenvalue weighted by Gasteiger charge is -2.29. The van der Waals surface area contributed by atoms with E-state index in [1.54, 1.807) is 14.2 Å². The fourth-order valence-corrected chi connectivity index (χ4v) is 3.56. The van der Waals surface area contributed by atoms with E-state index in [-0.39, 0.29) is 24.3 Å². The number of rotatable bonds is 8. The van der Waals surface area contributed by atoms with Gasteiger partial charge in [0.15, 0.2) is 11.5 Å². The van der Waals surface area contributed by atoms with Crippen molar-refractivity contribution in [1.82, 2.24) is 10.2 Å². The average molecular weight is 404 g/mol. The molecule has 3 rings (SSSR count). The average Bonchev–Trinajstić information content (AvgIpc) is 2.73. The molecule has 0 saturated heterocycles. The lowest BCUT2D eigenvalue weighted by Crippen LogP contribution is -2.37. The van der Waals surface area contributed by atoms with Crippen molar-refractivity contribution in [1.29, 1.82) is 0 Å². The molecule has 1 amide bonds. The summed E-state index contributed by atoms with van der Waals surface area (Å²) < 4.78 is 37.5. The lowest BCUT2D eigenvalue weighted by molar-refractivity contribution is -0.121. The number of fused-ring (bicyclic) bond motifs is 1. The molecule has 0 fully saturated rings. The number of hydrogen-bond acceptors (Lipinski definition) is 4. The standard InChI is InChI=1S/C22H26F2N2O3/c1-28-20-12-15-7-9-26(14-17(15)13-21(20)29-2)10-8-25-22(27)6-3-16-11-18(23)4-5-19(16)24/h4-5,11-13H,3,6-10,14H2,1-2H3,(H,25,27). The van der Waals surface area contributed by atoms with E-state index in [1.165, 1.54) is 11.1 Å². The van der Waals surface area contributed by atoms with Crippen LogP contribution in [0.15, 0.2) is 30.3 Å². The summed E-state index contributed by atoms with van der Waals surface area (Å²) in [5.74, 6) is 0.296. The third kappa shape index (κ3) is 5.44. The highest BCUT2D eigenvalue weighted by atomic mass is 19.1. The van der Waals surface area contributed by atoms with E-state index < -0.39 is 11.6 Å². The van der Waals surface area contributed by atoms with Crippen molar-refractivity contribution in [3.8, 4) is 11.5 Å². The van der Waals surface area contributed by atoms with E-state index in [0.29, 0.717) is 18.8 Å². The maximum Gasteiger partial charge on any atom is 0.220 e. The molecule has 2 aromatic carbocycles. The van der Waals surface area contributed by atoms with Gasteiger partial charge in [0.1, 0.15) is 11.6 Å². The largest absolute Gasteiger partial charge is 0.493 e. The highest BCUT2D eigenvalue weighted by Crippen LogP contribution is 2.33. The number of aryl methyl sites for hydroxylation is 1. The molecule has 5 nitrogen and oxygen atoms in total. The van der Waals surface area contributed by atoms with Crippen LogP contribution in [-0.4, -0.2) is 44.7 Å². The van der Waals surface area contributed by atoms with Crippen molar-refractivity contribution in [2.24, 2.45) is 0 Å². The zero-order valence-electron chi connectivity index (χ0n) is 16.8. The summed E-state index contributed by atoms with van der Waals surface area (Å²) in [6.07, 6.45) is 1.21. The minimum Gasteiger partial charge on any atom is -0.493 e. The maximum atomic E-state index is 13.6. The number of halogens is 2. The van der Waals surface area contributed by atoms with Crippen molar-refractivity contribution in [3.63, 3.8) is 0 Å². The van der Waals surface area contributed by atoms with Crippen LogP contribution in [0.4, 0.5) is 8.78 Å². The normalized spacial score (nSPS) is 13.7. The number of methoxy groups -OCH3 is 2. The predicted octanol–water partition coefficient (Wildman–Crippen LogP) is 3.09. The number of carbonyl (C=O) groups is 1. The van der Waals surface area contributed by atoms with Gasteiger partial charge in [-0.05, 0) is 59.9 Å². The van der Waals surface area contributed by atoms with Gasteiger partial charge < -0.3 is 14.8 Å². The van der Waals surface area contributed by atoms with E-state index in [0.717, 1.165) is 43.5 Å². The first kappa shape index (κ1) is 21.0. The number of hydrogen-bond donors (Lipinski definition) is 1. The van der Waals surface area contributed by atoms with Crippen LogP contribution >= 0.6 is 0 Å². The Labute approximate surface area is 169 Å². The molecule has 0 radical (unpaired) electrons. The topological polar surface area (TPSA) is 50.8 Å². The van der Waals surface area contributed by atoms with Gasteiger partial charge in [-0.25, -0.2) is 8.78 Å². The highest BCUT2D eigenvalue weighted by Gasteiger charge is 2.19. The number of nitrogens with one attached hydrogen (secondary N) is 1. The molecule has 7 heteroatoms. The smallest absolute Gasteiger partial charge is 0.220 e. The van der Waals surface area contributed by atoms with Crippen molar-refractivity contribution < 1.29 is 23.0 Å². The van der Waals surface area contributed by atoms with Gasteiger partial charge in [-0.1, -0.05) is 0 Å². The second-order valence-electron chi connectivity index (χ2n) is 7.09. The molecule has 1 N–H and O–H groups in total. The summed E-state index contributed by atoms with van der Waals surface area (Å²) in [5, 5.41) is 2.86. The molecule has 0 bridgehead atoms. The van der Waals surface area contributed by atoms with E-state index in [2.05, 4.69) is 10.2 Å². The van der Waals surface area contributed by atoms with Crippen molar-refractivity contribution in [2.45, 2.75) is 25.8 Å². The molecular weight excluding hydrogens is 378 g/mol. The first-order valence-electron chi connectivity index (χ1n) is 9.67. The Hall–Kier alpha value is -2.67. The SMILES string of the molecule is COc1cc2c(cc1OC)CN(CCNC(=O)CCc1cc(F)ccc1F)CC2. The molecule has 1 aliphatic heterocycles. The quantitative estimate of drug-likeness (QED) is 0.735. The summed E-state index contributed by atoms with van der Waals surface area (Å²) >= 11 is 0. The second kappa shape index (κ2) is 9.69. The van der Waals surface area contributed by atoms with Crippen LogP contribution in [0.2, 0.25) is 0 Å². The zero-order chi connectivity index (χ0) is 20.8. The molecule has 0 aliphatic carbocycles. The fourth-order valence-electron chi connectivity index (χ4n) is 3.56. The first-order chi connectivity index (χ1) is 14.0. The zero-order valence-corrected chi connectivity index (χ0v) is 16.8. The van der Waals surface area contributed by atoms with Crippen LogP contribution in [0.1, 0.15) is 23.1 Å². The van der Waals surface area contributed by atoms with E-state index >= 15 is 0 Å². The van der Waals surface area contributed by atoms with Gasteiger partial charge in [0.05, 0.1) is 14.2 Å². The molecule has 1 heterocycles. The van der Waals surface area contributed by atoms with E-state index in [9.17, 15) is 13.6 Å². The van der Waals surface area contributed by atoms with Gasteiger partial charge in [-0.2, -0.15) is 0 Å². The Kier molecular flexibility index (Phi) is 7.04. The van der Waals surface area contributed by atoms with Crippen LogP contribution in [0.25, 0.3) is 0 Å². The first-order valence-corrected chi connectivity index (χ1v) is 9.67. The minimum absolute atomic E-state index is 0.125. The van der Waals surface area contributed by atoms with Crippen molar-refractivity contribution in [2.75, 3.05) is 33.9 Å². The fraction of sp³-hybridized carbons (Fsp3) is 0.409. The summed E-state index contributed by atoms with van der Waals surface area (Å²) in [5.41, 5.74) is 2.67. The van der Waals surface area contributed by atoms with Crippen LogP contribution in [0.5, 0.6) is 11.5 Å². The minimum atomic E-state index is -0.499. The molecule has 0 spiro atoms. The third-order valence-corrected chi connectivity index (χ3v) is 5.18. The number of ether oxygens (including phenoxy) is 2. The molecule has 0 atom stereocenters. The van der Waals surface area contributed by atoms with Crippen LogP contribution in [0.3, 0.4) is 0 Å². The van der Waals surface area contributed by atoms with Crippen LogP contribution in [0, 0.1) is 11.6 Å². The molecule has 0 saturated carbocycles. The summed E-state index contributed by atoms with van der Waals surface area (Å²) in [7, 11) is 3.25. The molecule has 2 aromatic rings. The third-order valence-electron chi connectivity index (χ3n) is 5.18. The maximum absolute atomic E-state index is 13.6. The van der Waals surface area contributed by atoms with Gasteiger partial charge in [-0.3, -0.25) is 9.69 Å². The number of amides is 1. The Balaban J connectivity index is 1.45. The Morgan fingerprint density at radius 1 is 1.10 bits per heavy atom. The van der Waals surface area contributed by atoms with Crippen LogP contribution < -0.4 is 14.8 Å². The highest BCUT2D eigenvalue weighted by molar-refractivity contribution is 5.76. The van der Waals surface area contributed by atoms with Crippen LogP contribution in [-0.2, 0) is 24.2 Å². The van der Waals surface area contributed by atoms with E-state index in [1.807, 2.05) is 12.1 Å². The van der Waals surface area contributed by atoms with Gasteiger partial charge in [0.25, 0.3) is 0 Å². The molecule has 1 aliphatic rings. The summed E-state index contributed by atoms with van der Waals surface area (Å²) in [6, 6.07) is 7.32. The number of carbonyl (C=O) groups excluding carboxylic acids is 1. The molecule has 0 unspecified atom stereocenters. The Morgan fingerprint density at radius 3 is 2.55 bits per heavy atom. The van der Waals surface area contributed by atoms with Crippen molar-refractivity contribution >= 4 is 5.91 Å². The molecule has 156 valence electrons. The van der Waals surface area contributed by atoms with Gasteiger partial charge in [-0.15, -0.1) is 0 Å². The molecule has 0 aromatic heterocycles. The number of nitrogens with zero attached hydrogens (tertiary/aromatic N) is 1. The summed E-state index contributed by atoms with van der Waals surface area (Å²) in [4.78, 5) is 14.3. The van der Waals surface area contributed by atoms with Gasteiger partial charge >= 0.3 is 0 Å². The predicted molar refractivity (Wildman–Crippen MR) is 106 cm³/mol. The molecular formula is C22H26F2N2O3. The Bertz CT molecular complexity index is 873. The van der Waals surface area contributed by atoms with Crippen molar-refractivity contribution in [3.05, 3.63) is 58.7 Å². The number of benzene rings is 2. The monoisotopic (exact) mass is 404 g/mol. The van der Waals surface area contributed by atoms with Gasteiger partial charge in [0.2, 0.25) is 5.91 Å². The lowest BCUT2D eigenvalue weighted by atomic mass is 9.99.